The van der Waals surface area contributed by atoms with Crippen molar-refractivity contribution in [1.82, 2.24) is 19.2 Å². The first-order valence-corrected chi connectivity index (χ1v) is 12.4. The molecule has 10 heteroatoms. The van der Waals surface area contributed by atoms with Crippen LogP contribution in [0.5, 0.6) is 11.5 Å². The number of methoxy groups -OCH3 is 2. The van der Waals surface area contributed by atoms with Gasteiger partial charge in [-0.05, 0) is 32.9 Å². The Bertz CT molecular complexity index is 1230. The first kappa shape index (κ1) is 25.9. The molecule has 1 aliphatic heterocycles. The summed E-state index contributed by atoms with van der Waals surface area (Å²) >= 11 is 6.37. The van der Waals surface area contributed by atoms with E-state index in [1.807, 2.05) is 43.6 Å². The number of carbonyl (C=O) groups is 1. The third-order valence-corrected chi connectivity index (χ3v) is 6.91. The molecule has 1 aliphatic rings. The number of hydrogen-bond acceptors (Lipinski definition) is 6. The highest BCUT2D eigenvalue weighted by Crippen LogP contribution is 2.38. The number of pyridine rings is 1. The van der Waals surface area contributed by atoms with Gasteiger partial charge in [0.1, 0.15) is 17.1 Å². The number of benzene rings is 1. The SMILES string of the molecule is COc1cc(OC)c(-c2cn3ccc(N4CCN(CCN(C(=O)O)C(C)(C)C)CC4)cc3n2)cc1Cl. The van der Waals surface area contributed by atoms with E-state index in [4.69, 9.17) is 26.1 Å². The van der Waals surface area contributed by atoms with Gasteiger partial charge in [0.2, 0.25) is 0 Å². The zero-order valence-corrected chi connectivity index (χ0v) is 22.2. The van der Waals surface area contributed by atoms with Crippen molar-refractivity contribution in [3.63, 3.8) is 0 Å². The van der Waals surface area contributed by atoms with Crippen molar-refractivity contribution in [1.29, 1.82) is 0 Å². The maximum Gasteiger partial charge on any atom is 0.407 e. The summed E-state index contributed by atoms with van der Waals surface area (Å²) in [7, 11) is 3.19. The molecule has 0 atom stereocenters. The molecule has 3 heterocycles. The van der Waals surface area contributed by atoms with Gasteiger partial charge in [-0.15, -0.1) is 0 Å². The fourth-order valence-corrected chi connectivity index (χ4v) is 4.79. The van der Waals surface area contributed by atoms with Gasteiger partial charge in [0.25, 0.3) is 0 Å². The Labute approximate surface area is 216 Å². The summed E-state index contributed by atoms with van der Waals surface area (Å²) in [5.41, 5.74) is 3.10. The zero-order chi connectivity index (χ0) is 26.0. The summed E-state index contributed by atoms with van der Waals surface area (Å²) in [4.78, 5) is 22.6. The van der Waals surface area contributed by atoms with E-state index in [0.29, 0.717) is 23.1 Å². The predicted octanol–water partition coefficient (Wildman–Crippen LogP) is 4.57. The lowest BCUT2D eigenvalue weighted by molar-refractivity contribution is 0.0901. The minimum absolute atomic E-state index is 0.409. The Kier molecular flexibility index (Phi) is 7.51. The summed E-state index contributed by atoms with van der Waals surface area (Å²) < 4.78 is 12.8. The molecule has 194 valence electrons. The molecule has 0 bridgehead atoms. The number of imidazole rings is 1. The number of rotatable bonds is 7. The lowest BCUT2D eigenvalue weighted by atomic mass is 10.1. The Morgan fingerprint density at radius 1 is 1.11 bits per heavy atom. The van der Waals surface area contributed by atoms with Crippen LogP contribution < -0.4 is 14.4 Å². The Morgan fingerprint density at radius 2 is 1.81 bits per heavy atom. The molecular weight excluding hydrogens is 482 g/mol. The van der Waals surface area contributed by atoms with Gasteiger partial charge in [-0.1, -0.05) is 11.6 Å². The van der Waals surface area contributed by atoms with Crippen LogP contribution in [0.15, 0.2) is 36.7 Å². The van der Waals surface area contributed by atoms with Gasteiger partial charge in [-0.25, -0.2) is 9.78 Å². The molecule has 4 rings (SSSR count). The van der Waals surface area contributed by atoms with Crippen LogP contribution in [-0.2, 0) is 0 Å². The van der Waals surface area contributed by atoms with Crippen LogP contribution in [0.25, 0.3) is 16.9 Å². The van der Waals surface area contributed by atoms with Gasteiger partial charge in [0.05, 0.1) is 24.9 Å². The molecule has 0 saturated carbocycles. The van der Waals surface area contributed by atoms with Crippen molar-refractivity contribution in [3.05, 3.63) is 41.7 Å². The number of piperazine rings is 1. The van der Waals surface area contributed by atoms with E-state index < -0.39 is 11.6 Å². The molecular formula is C26H34ClN5O4. The second-order valence-corrected chi connectivity index (χ2v) is 10.3. The molecule has 1 amide bonds. The number of carboxylic acid groups (broad SMARTS) is 1. The molecule has 3 aromatic rings. The number of fused-ring (bicyclic) bond motifs is 1. The number of ether oxygens (including phenoxy) is 2. The summed E-state index contributed by atoms with van der Waals surface area (Å²) in [6.45, 7) is 10.5. The number of amides is 1. The number of halogens is 1. The van der Waals surface area contributed by atoms with Crippen molar-refractivity contribution < 1.29 is 19.4 Å². The fourth-order valence-electron chi connectivity index (χ4n) is 4.55. The molecule has 2 aromatic heterocycles. The van der Waals surface area contributed by atoms with Gasteiger partial charge >= 0.3 is 6.09 Å². The number of nitrogens with zero attached hydrogens (tertiary/aromatic N) is 5. The highest BCUT2D eigenvalue weighted by atomic mass is 35.5. The second-order valence-electron chi connectivity index (χ2n) is 9.90. The second kappa shape index (κ2) is 10.4. The number of anilines is 1. The average molecular weight is 516 g/mol. The largest absolute Gasteiger partial charge is 0.496 e. The molecule has 0 aliphatic carbocycles. The van der Waals surface area contributed by atoms with E-state index >= 15 is 0 Å². The molecule has 1 saturated heterocycles. The lowest BCUT2D eigenvalue weighted by Crippen LogP contribution is -2.52. The maximum absolute atomic E-state index is 11.6. The smallest absolute Gasteiger partial charge is 0.407 e. The summed E-state index contributed by atoms with van der Waals surface area (Å²) in [6, 6.07) is 7.76. The first-order valence-electron chi connectivity index (χ1n) is 12.0. The van der Waals surface area contributed by atoms with Crippen LogP contribution >= 0.6 is 11.6 Å². The summed E-state index contributed by atoms with van der Waals surface area (Å²) in [5, 5.41) is 10.0. The highest BCUT2D eigenvalue weighted by Gasteiger charge is 2.27. The third-order valence-electron chi connectivity index (χ3n) is 6.61. The van der Waals surface area contributed by atoms with Gasteiger partial charge in [0, 0.05) is 80.6 Å². The molecule has 9 nitrogen and oxygen atoms in total. The quantitative estimate of drug-likeness (QED) is 0.493. The maximum atomic E-state index is 11.6. The first-order chi connectivity index (χ1) is 17.1. The van der Waals surface area contributed by atoms with E-state index in [1.165, 1.54) is 4.90 Å². The van der Waals surface area contributed by atoms with Crippen LogP contribution in [0, 0.1) is 0 Å². The lowest BCUT2D eigenvalue weighted by Gasteiger charge is -2.39. The van der Waals surface area contributed by atoms with E-state index in [2.05, 4.69) is 21.9 Å². The van der Waals surface area contributed by atoms with Crippen LogP contribution in [0.2, 0.25) is 5.02 Å². The minimum Gasteiger partial charge on any atom is -0.496 e. The molecule has 1 N–H and O–H groups in total. The Morgan fingerprint density at radius 3 is 2.42 bits per heavy atom. The van der Waals surface area contributed by atoms with Gasteiger partial charge in [0.15, 0.2) is 0 Å². The van der Waals surface area contributed by atoms with Crippen molar-refractivity contribution in [2.24, 2.45) is 0 Å². The van der Waals surface area contributed by atoms with E-state index in [0.717, 1.165) is 55.3 Å². The zero-order valence-electron chi connectivity index (χ0n) is 21.5. The summed E-state index contributed by atoms with van der Waals surface area (Å²) in [6.07, 6.45) is 3.10. The van der Waals surface area contributed by atoms with E-state index in [9.17, 15) is 9.90 Å². The Balaban J connectivity index is 1.45. The van der Waals surface area contributed by atoms with Gasteiger partial charge < -0.3 is 28.8 Å². The standard InChI is InChI=1S/C26H34ClN5O4/c1-26(2,3)32(25(33)34)13-10-29-8-11-30(12-9-29)18-6-7-31-17-21(28-24(31)14-18)19-15-20(27)23(36-5)16-22(19)35-4/h6-7,14-17H,8-13H2,1-5H3,(H,33,34). The Hall–Kier alpha value is -3.17. The van der Waals surface area contributed by atoms with Crippen LogP contribution in [-0.4, -0.2) is 89.4 Å². The molecule has 0 radical (unpaired) electrons. The van der Waals surface area contributed by atoms with Crippen molar-refractivity contribution >= 4 is 29.0 Å². The molecule has 1 fully saturated rings. The van der Waals surface area contributed by atoms with Crippen LogP contribution in [0.1, 0.15) is 20.8 Å². The molecule has 0 unspecified atom stereocenters. The summed E-state index contributed by atoms with van der Waals surface area (Å²) in [5.74, 6) is 1.19. The van der Waals surface area contributed by atoms with E-state index in [-0.39, 0.29) is 0 Å². The van der Waals surface area contributed by atoms with Crippen molar-refractivity contribution in [2.75, 3.05) is 58.4 Å². The fraction of sp³-hybridized carbons (Fsp3) is 0.462. The van der Waals surface area contributed by atoms with Crippen molar-refractivity contribution in [3.8, 4) is 22.8 Å². The number of aromatic nitrogens is 2. The monoisotopic (exact) mass is 515 g/mol. The minimum atomic E-state index is -0.872. The van der Waals surface area contributed by atoms with Gasteiger partial charge in [-0.2, -0.15) is 0 Å². The average Bonchev–Trinajstić information content (AvgIpc) is 3.26. The normalized spacial score (nSPS) is 14.8. The highest BCUT2D eigenvalue weighted by molar-refractivity contribution is 6.32. The molecule has 0 spiro atoms. The third kappa shape index (κ3) is 5.47. The molecule has 36 heavy (non-hydrogen) atoms. The topological polar surface area (TPSA) is 82.8 Å². The molecule has 1 aromatic carbocycles. The van der Waals surface area contributed by atoms with Crippen LogP contribution in [0.4, 0.5) is 10.5 Å². The van der Waals surface area contributed by atoms with Gasteiger partial charge in [-0.3, -0.25) is 4.90 Å². The number of hydrogen-bond donors (Lipinski definition) is 1. The van der Waals surface area contributed by atoms with E-state index in [1.54, 1.807) is 20.3 Å². The predicted molar refractivity (Wildman–Crippen MR) is 142 cm³/mol. The van der Waals surface area contributed by atoms with Crippen LogP contribution in [0.3, 0.4) is 0 Å². The van der Waals surface area contributed by atoms with Crippen molar-refractivity contribution in [2.45, 2.75) is 26.3 Å².